The van der Waals surface area contributed by atoms with Crippen LogP contribution in [0.1, 0.15) is 26.3 Å². The molecule has 1 heterocycles. The smallest absolute Gasteiger partial charge is 0.265 e. The lowest BCUT2D eigenvalue weighted by Crippen LogP contribution is -2.43. The van der Waals surface area contributed by atoms with E-state index in [0.29, 0.717) is 29.4 Å². The summed E-state index contributed by atoms with van der Waals surface area (Å²) in [6.45, 7) is 6.18. The Morgan fingerprint density at radius 3 is 2.79 bits per heavy atom. The Balaban J connectivity index is 2.55. The van der Waals surface area contributed by atoms with Crippen LogP contribution in [0.5, 0.6) is 11.5 Å². The van der Waals surface area contributed by atoms with Gasteiger partial charge < -0.3 is 19.5 Å². The van der Waals surface area contributed by atoms with Crippen molar-refractivity contribution in [3.8, 4) is 11.5 Å². The van der Waals surface area contributed by atoms with Crippen molar-refractivity contribution in [2.75, 3.05) is 18.1 Å². The van der Waals surface area contributed by atoms with E-state index < -0.39 is 0 Å². The van der Waals surface area contributed by atoms with Gasteiger partial charge in [0.1, 0.15) is 0 Å². The van der Waals surface area contributed by atoms with E-state index in [0.717, 1.165) is 0 Å². The molecule has 104 valence electrons. The van der Waals surface area contributed by atoms with Gasteiger partial charge in [-0.2, -0.15) is 0 Å². The van der Waals surface area contributed by atoms with Gasteiger partial charge in [-0.05, 0) is 38.5 Å². The Morgan fingerprint density at radius 2 is 2.21 bits per heavy atom. The van der Waals surface area contributed by atoms with Gasteiger partial charge in [0.2, 0.25) is 0 Å². The third kappa shape index (κ3) is 2.51. The van der Waals surface area contributed by atoms with Crippen molar-refractivity contribution in [3.05, 3.63) is 17.7 Å². The highest BCUT2D eigenvalue weighted by molar-refractivity contribution is 5.99. The largest absolute Gasteiger partial charge is 0.490 e. The number of anilines is 1. The van der Waals surface area contributed by atoms with Crippen molar-refractivity contribution >= 4 is 11.6 Å². The van der Waals surface area contributed by atoms with E-state index in [1.54, 1.807) is 17.0 Å². The fourth-order valence-electron chi connectivity index (χ4n) is 2.22. The van der Waals surface area contributed by atoms with Crippen molar-refractivity contribution in [1.29, 1.82) is 0 Å². The van der Waals surface area contributed by atoms with Crippen LogP contribution in [-0.2, 0) is 11.4 Å². The zero-order valence-corrected chi connectivity index (χ0v) is 11.5. The Bertz CT molecular complexity index is 485. The highest BCUT2D eigenvalue weighted by atomic mass is 16.5. The first-order chi connectivity index (χ1) is 9.08. The number of nitrogens with zero attached hydrogens (tertiary/aromatic N) is 1. The number of aliphatic hydroxyl groups is 1. The van der Waals surface area contributed by atoms with Crippen LogP contribution in [0.3, 0.4) is 0 Å². The summed E-state index contributed by atoms with van der Waals surface area (Å²) in [7, 11) is 0. The molecule has 1 aromatic rings. The molecule has 0 saturated heterocycles. The molecule has 1 N–H and O–H groups in total. The monoisotopic (exact) mass is 265 g/mol. The molecule has 19 heavy (non-hydrogen) atoms. The van der Waals surface area contributed by atoms with E-state index in [1.165, 1.54) is 0 Å². The summed E-state index contributed by atoms with van der Waals surface area (Å²) in [6.07, 6.45) is 0. The van der Waals surface area contributed by atoms with Crippen molar-refractivity contribution in [2.45, 2.75) is 33.4 Å². The van der Waals surface area contributed by atoms with E-state index in [1.807, 2.05) is 20.8 Å². The molecule has 0 unspecified atom stereocenters. The topological polar surface area (TPSA) is 59.0 Å². The van der Waals surface area contributed by atoms with Crippen LogP contribution in [0.25, 0.3) is 0 Å². The maximum Gasteiger partial charge on any atom is 0.265 e. The van der Waals surface area contributed by atoms with Crippen LogP contribution in [0.15, 0.2) is 12.1 Å². The Kier molecular flexibility index (Phi) is 3.95. The number of rotatable bonds is 4. The van der Waals surface area contributed by atoms with Gasteiger partial charge in [-0.3, -0.25) is 4.79 Å². The zero-order valence-electron chi connectivity index (χ0n) is 11.5. The van der Waals surface area contributed by atoms with E-state index in [9.17, 15) is 9.90 Å². The van der Waals surface area contributed by atoms with E-state index in [-0.39, 0.29) is 25.2 Å². The normalized spacial score (nSPS) is 14.4. The van der Waals surface area contributed by atoms with Crippen LogP contribution in [0, 0.1) is 0 Å². The summed E-state index contributed by atoms with van der Waals surface area (Å²) in [6, 6.07) is 3.55. The predicted octanol–water partition coefficient (Wildman–Crippen LogP) is 1.71. The van der Waals surface area contributed by atoms with E-state index in [2.05, 4.69) is 0 Å². The first-order valence-electron chi connectivity index (χ1n) is 6.43. The lowest BCUT2D eigenvalue weighted by Gasteiger charge is -2.33. The average molecular weight is 265 g/mol. The number of hydrogen-bond donors (Lipinski definition) is 1. The number of carbonyl (C=O) groups excluding carboxylic acids is 1. The minimum atomic E-state index is -0.104. The van der Waals surface area contributed by atoms with Crippen molar-refractivity contribution in [1.82, 2.24) is 0 Å². The van der Waals surface area contributed by atoms with Crippen LogP contribution in [-0.4, -0.2) is 30.3 Å². The quantitative estimate of drug-likeness (QED) is 0.900. The molecule has 1 aliphatic heterocycles. The molecule has 1 aliphatic rings. The summed E-state index contributed by atoms with van der Waals surface area (Å²) in [4.78, 5) is 13.6. The highest BCUT2D eigenvalue weighted by Crippen LogP contribution is 2.42. The van der Waals surface area contributed by atoms with E-state index >= 15 is 0 Å². The number of amides is 1. The molecular formula is C14H19NO4. The highest BCUT2D eigenvalue weighted by Gasteiger charge is 2.30. The Hall–Kier alpha value is -1.75. The number of carbonyl (C=O) groups is 1. The first kappa shape index (κ1) is 13.7. The minimum Gasteiger partial charge on any atom is -0.490 e. The molecule has 0 radical (unpaired) electrons. The third-order valence-electron chi connectivity index (χ3n) is 2.96. The lowest BCUT2D eigenvalue weighted by molar-refractivity contribution is -0.121. The SMILES string of the molecule is CCOc1cc(CO)cc2c1OCC(=O)N2C(C)C. The maximum absolute atomic E-state index is 12.0. The number of hydrogen-bond acceptors (Lipinski definition) is 4. The molecule has 0 saturated carbocycles. The Labute approximate surface area is 112 Å². The third-order valence-corrected chi connectivity index (χ3v) is 2.96. The maximum atomic E-state index is 12.0. The molecule has 2 rings (SSSR count). The molecule has 0 atom stereocenters. The summed E-state index contributed by atoms with van der Waals surface area (Å²) in [5, 5.41) is 9.32. The lowest BCUT2D eigenvalue weighted by atomic mass is 10.1. The molecule has 0 aliphatic carbocycles. The van der Waals surface area contributed by atoms with Crippen LogP contribution >= 0.6 is 0 Å². The van der Waals surface area contributed by atoms with E-state index in [4.69, 9.17) is 9.47 Å². The molecule has 5 heteroatoms. The fourth-order valence-corrected chi connectivity index (χ4v) is 2.22. The minimum absolute atomic E-state index is 0.0176. The Morgan fingerprint density at radius 1 is 1.47 bits per heavy atom. The van der Waals surface area contributed by atoms with Gasteiger partial charge in [-0.1, -0.05) is 0 Å². The molecule has 0 aromatic heterocycles. The van der Waals surface area contributed by atoms with Crippen LogP contribution in [0.4, 0.5) is 5.69 Å². The summed E-state index contributed by atoms with van der Waals surface area (Å²) < 4.78 is 11.0. The first-order valence-corrected chi connectivity index (χ1v) is 6.43. The molecule has 5 nitrogen and oxygen atoms in total. The van der Waals surface area contributed by atoms with Crippen molar-refractivity contribution in [2.24, 2.45) is 0 Å². The number of fused-ring (bicyclic) bond motifs is 1. The van der Waals surface area contributed by atoms with Crippen LogP contribution in [0.2, 0.25) is 0 Å². The van der Waals surface area contributed by atoms with Gasteiger partial charge in [0.25, 0.3) is 5.91 Å². The number of ether oxygens (including phenoxy) is 2. The number of benzene rings is 1. The molecule has 1 amide bonds. The summed E-state index contributed by atoms with van der Waals surface area (Å²) >= 11 is 0. The van der Waals surface area contributed by atoms with Crippen LogP contribution < -0.4 is 14.4 Å². The molecule has 1 aromatic carbocycles. The fraction of sp³-hybridized carbons (Fsp3) is 0.500. The second-order valence-electron chi connectivity index (χ2n) is 4.68. The van der Waals surface area contributed by atoms with Gasteiger partial charge in [0.15, 0.2) is 18.1 Å². The van der Waals surface area contributed by atoms with Gasteiger partial charge >= 0.3 is 0 Å². The van der Waals surface area contributed by atoms with Gasteiger partial charge in [0.05, 0.1) is 18.9 Å². The zero-order chi connectivity index (χ0) is 14.0. The van der Waals surface area contributed by atoms with Crippen molar-refractivity contribution in [3.63, 3.8) is 0 Å². The average Bonchev–Trinajstić information content (AvgIpc) is 2.37. The second kappa shape index (κ2) is 5.48. The van der Waals surface area contributed by atoms with Crippen molar-refractivity contribution < 1.29 is 19.4 Å². The summed E-state index contributed by atoms with van der Waals surface area (Å²) in [5.74, 6) is 1.06. The van der Waals surface area contributed by atoms with Gasteiger partial charge in [-0.15, -0.1) is 0 Å². The molecule has 0 fully saturated rings. The molecule has 0 spiro atoms. The summed E-state index contributed by atoms with van der Waals surface area (Å²) in [5.41, 5.74) is 1.37. The number of aliphatic hydroxyl groups excluding tert-OH is 1. The van der Waals surface area contributed by atoms with Gasteiger partial charge in [-0.25, -0.2) is 0 Å². The van der Waals surface area contributed by atoms with Gasteiger partial charge in [0, 0.05) is 6.04 Å². The molecule has 0 bridgehead atoms. The second-order valence-corrected chi connectivity index (χ2v) is 4.68. The molecular weight excluding hydrogens is 246 g/mol. The predicted molar refractivity (Wildman–Crippen MR) is 71.7 cm³/mol. The standard InChI is InChI=1S/C14H19NO4/c1-4-18-12-6-10(7-16)5-11-14(12)19-8-13(17)15(11)9(2)3/h5-6,9,16H,4,7-8H2,1-3H3.